The van der Waals surface area contributed by atoms with E-state index in [9.17, 15) is 14.7 Å². The molecule has 3 rings (SSSR count). The van der Waals surface area contributed by atoms with Gasteiger partial charge in [-0.15, -0.1) is 11.3 Å². The fraction of sp³-hybridized carbons (Fsp3) is 0.0556. The van der Waals surface area contributed by atoms with Gasteiger partial charge >= 0.3 is 0 Å². The first kappa shape index (κ1) is 16.7. The highest BCUT2D eigenvalue weighted by molar-refractivity contribution is 7.07. The van der Waals surface area contributed by atoms with Crippen LogP contribution in [0.2, 0.25) is 0 Å². The van der Waals surface area contributed by atoms with Crippen molar-refractivity contribution in [3.8, 4) is 11.5 Å². The van der Waals surface area contributed by atoms with Crippen molar-refractivity contribution in [3.05, 3.63) is 73.4 Å². The van der Waals surface area contributed by atoms with E-state index >= 15 is 0 Å². The number of carbonyl (C=O) groups excluding carboxylic acids is 1. The maximum Gasteiger partial charge on any atom is 0.266 e. The molecule has 0 saturated heterocycles. The molecule has 0 bridgehead atoms. The Bertz CT molecular complexity index is 1080. The summed E-state index contributed by atoms with van der Waals surface area (Å²) in [5, 5.41) is 10.1. The molecular formula is C18H14N2O4S. The summed E-state index contributed by atoms with van der Waals surface area (Å²) in [4.78, 5) is 30.8. The Balaban J connectivity index is 2.03. The fourth-order valence-electron chi connectivity index (χ4n) is 2.20. The molecule has 6 nitrogen and oxygen atoms in total. The molecule has 0 unspecified atom stereocenters. The number of aromatic hydroxyl groups is 1. The molecule has 2 N–H and O–H groups in total. The molecular weight excluding hydrogens is 340 g/mol. The summed E-state index contributed by atoms with van der Waals surface area (Å²) in [7, 11) is 1.45. The number of phenolic OH excluding ortho intramolecular Hbond substituents is 1. The van der Waals surface area contributed by atoms with Gasteiger partial charge in [0, 0.05) is 29.6 Å². The minimum atomic E-state index is -0.332. The SMILES string of the molecule is COc1cccc(/C=c2\s/c(=C\C(=O)c3ccncc3)[nH]c2=O)c1O. The Hall–Kier alpha value is -3.19. The number of phenols is 1. The van der Waals surface area contributed by atoms with Gasteiger partial charge in [0.25, 0.3) is 5.56 Å². The Morgan fingerprint density at radius 1 is 1.28 bits per heavy atom. The van der Waals surface area contributed by atoms with Gasteiger partial charge in [-0.05, 0) is 24.3 Å². The van der Waals surface area contributed by atoms with Gasteiger partial charge in [-0.25, -0.2) is 0 Å². The fourth-order valence-corrected chi connectivity index (χ4v) is 3.08. The van der Waals surface area contributed by atoms with Gasteiger partial charge in [-0.1, -0.05) is 12.1 Å². The number of hydrogen-bond acceptors (Lipinski definition) is 6. The smallest absolute Gasteiger partial charge is 0.266 e. The molecule has 126 valence electrons. The minimum Gasteiger partial charge on any atom is -0.504 e. The number of carbonyl (C=O) groups is 1. The number of thiazole rings is 1. The molecule has 3 aromatic rings. The van der Waals surface area contributed by atoms with E-state index in [0.717, 1.165) is 11.3 Å². The number of rotatable bonds is 4. The lowest BCUT2D eigenvalue weighted by molar-refractivity contribution is 0.106. The Morgan fingerprint density at radius 2 is 2.04 bits per heavy atom. The lowest BCUT2D eigenvalue weighted by Gasteiger charge is -2.04. The van der Waals surface area contributed by atoms with Gasteiger partial charge in [0.15, 0.2) is 17.3 Å². The lowest BCUT2D eigenvalue weighted by atomic mass is 10.2. The number of nitrogens with one attached hydrogen (secondary N) is 1. The Kier molecular flexibility index (Phi) is 4.76. The van der Waals surface area contributed by atoms with Crippen LogP contribution in [0.5, 0.6) is 11.5 Å². The maximum absolute atomic E-state index is 12.2. The molecule has 0 aliphatic rings. The van der Waals surface area contributed by atoms with E-state index in [2.05, 4.69) is 9.97 Å². The molecule has 1 aromatic carbocycles. The third-order valence-electron chi connectivity index (χ3n) is 3.44. The zero-order chi connectivity index (χ0) is 17.8. The number of pyridine rings is 1. The van der Waals surface area contributed by atoms with Crippen LogP contribution >= 0.6 is 11.3 Å². The highest BCUT2D eigenvalue weighted by Crippen LogP contribution is 2.29. The number of H-pyrrole nitrogens is 1. The van der Waals surface area contributed by atoms with Gasteiger partial charge < -0.3 is 14.8 Å². The van der Waals surface area contributed by atoms with Crippen LogP contribution in [-0.4, -0.2) is 28.0 Å². The van der Waals surface area contributed by atoms with Gasteiger partial charge in [-0.2, -0.15) is 0 Å². The average Bonchev–Trinajstić information content (AvgIpc) is 2.96. The van der Waals surface area contributed by atoms with Crippen molar-refractivity contribution in [2.45, 2.75) is 0 Å². The summed E-state index contributed by atoms with van der Waals surface area (Å²) >= 11 is 1.13. The zero-order valence-electron chi connectivity index (χ0n) is 13.2. The molecule has 25 heavy (non-hydrogen) atoms. The van der Waals surface area contributed by atoms with E-state index in [1.54, 1.807) is 36.4 Å². The summed E-state index contributed by atoms with van der Waals surface area (Å²) in [6, 6.07) is 8.21. The normalized spacial score (nSPS) is 12.4. The second-order valence-electron chi connectivity index (χ2n) is 5.07. The first-order valence-electron chi connectivity index (χ1n) is 7.31. The second kappa shape index (κ2) is 7.14. The molecule has 0 spiro atoms. The van der Waals surface area contributed by atoms with Crippen molar-refractivity contribution in [3.63, 3.8) is 0 Å². The zero-order valence-corrected chi connectivity index (χ0v) is 14.0. The van der Waals surface area contributed by atoms with E-state index in [4.69, 9.17) is 4.74 Å². The lowest BCUT2D eigenvalue weighted by Crippen LogP contribution is -2.20. The molecule has 0 radical (unpaired) electrons. The molecule has 2 aromatic heterocycles. The topological polar surface area (TPSA) is 92.3 Å². The standard InChI is InChI=1S/C18H14N2O4S/c1-24-14-4-2-3-12(17(14)22)9-15-18(23)20-16(25-15)10-13(21)11-5-7-19-8-6-11/h2-10,22H,1H3,(H,20,23)/b15-9-,16-10-. The van der Waals surface area contributed by atoms with Gasteiger partial charge in [-0.3, -0.25) is 14.6 Å². The molecule has 0 aliphatic heterocycles. The van der Waals surface area contributed by atoms with Crippen LogP contribution in [-0.2, 0) is 0 Å². The molecule has 0 atom stereocenters. The number of ketones is 1. The number of benzene rings is 1. The number of Topliss-reactive ketones (excluding diaryl/α,β-unsaturated/α-hetero) is 1. The van der Waals surface area contributed by atoms with Crippen molar-refractivity contribution in [1.82, 2.24) is 9.97 Å². The van der Waals surface area contributed by atoms with E-state index in [1.165, 1.54) is 25.6 Å². The largest absolute Gasteiger partial charge is 0.504 e. The van der Waals surface area contributed by atoms with Gasteiger partial charge in [0.1, 0.15) is 0 Å². The number of methoxy groups -OCH3 is 1. The van der Waals surface area contributed by atoms with E-state index < -0.39 is 0 Å². The summed E-state index contributed by atoms with van der Waals surface area (Å²) in [5.74, 6) is 0.0493. The number of ether oxygens (including phenoxy) is 1. The van der Waals surface area contributed by atoms with Crippen molar-refractivity contribution in [1.29, 1.82) is 0 Å². The maximum atomic E-state index is 12.2. The first-order valence-corrected chi connectivity index (χ1v) is 8.13. The predicted molar refractivity (Wildman–Crippen MR) is 95.4 cm³/mol. The van der Waals surface area contributed by atoms with E-state index in [-0.39, 0.29) is 17.1 Å². The van der Waals surface area contributed by atoms with Crippen molar-refractivity contribution >= 4 is 29.3 Å². The molecule has 0 amide bonds. The van der Waals surface area contributed by atoms with E-state index in [0.29, 0.717) is 26.1 Å². The number of aromatic nitrogens is 2. The quantitative estimate of drug-likeness (QED) is 0.683. The summed E-state index contributed by atoms with van der Waals surface area (Å²) in [5.41, 5.74) is 0.611. The van der Waals surface area contributed by atoms with Crippen molar-refractivity contribution in [2.75, 3.05) is 7.11 Å². The van der Waals surface area contributed by atoms with Crippen LogP contribution in [0, 0.1) is 0 Å². The number of aromatic amines is 1. The molecule has 0 fully saturated rings. The van der Waals surface area contributed by atoms with Crippen LogP contribution < -0.4 is 19.5 Å². The third-order valence-corrected chi connectivity index (χ3v) is 4.41. The van der Waals surface area contributed by atoms with Gasteiger partial charge in [0.05, 0.1) is 16.3 Å². The van der Waals surface area contributed by atoms with Crippen LogP contribution in [0.25, 0.3) is 12.2 Å². The van der Waals surface area contributed by atoms with Gasteiger partial charge in [0.2, 0.25) is 0 Å². The number of nitrogens with zero attached hydrogens (tertiary/aromatic N) is 1. The Labute approximate surface area is 146 Å². The van der Waals surface area contributed by atoms with E-state index in [1.807, 2.05) is 0 Å². The minimum absolute atomic E-state index is 0.0452. The summed E-state index contributed by atoms with van der Waals surface area (Å²) < 4.78 is 5.86. The Morgan fingerprint density at radius 3 is 2.76 bits per heavy atom. The number of para-hydroxylation sites is 1. The van der Waals surface area contributed by atoms with Crippen molar-refractivity contribution in [2.24, 2.45) is 0 Å². The van der Waals surface area contributed by atoms with Crippen LogP contribution in [0.3, 0.4) is 0 Å². The third kappa shape index (κ3) is 3.67. The molecule has 0 saturated carbocycles. The van der Waals surface area contributed by atoms with Crippen molar-refractivity contribution < 1.29 is 14.6 Å². The highest BCUT2D eigenvalue weighted by atomic mass is 32.1. The average molecular weight is 354 g/mol. The molecule has 0 aliphatic carbocycles. The monoisotopic (exact) mass is 354 g/mol. The molecule has 7 heteroatoms. The van der Waals surface area contributed by atoms with Crippen LogP contribution in [0.15, 0.2) is 47.5 Å². The highest BCUT2D eigenvalue weighted by Gasteiger charge is 2.06. The summed E-state index contributed by atoms with van der Waals surface area (Å²) in [6.45, 7) is 0. The second-order valence-corrected chi connectivity index (χ2v) is 6.16. The summed E-state index contributed by atoms with van der Waals surface area (Å²) in [6.07, 6.45) is 5.98. The predicted octanol–water partition coefficient (Wildman–Crippen LogP) is 1.04. The molecule has 2 heterocycles. The van der Waals surface area contributed by atoms with Crippen LogP contribution in [0.4, 0.5) is 0 Å². The van der Waals surface area contributed by atoms with Crippen LogP contribution in [0.1, 0.15) is 15.9 Å². The first-order chi connectivity index (χ1) is 12.1. The number of hydrogen-bond donors (Lipinski definition) is 2.